The monoisotopic (exact) mass is 413 g/mol. The van der Waals surface area contributed by atoms with Crippen LogP contribution in [0.15, 0.2) is 36.7 Å². The van der Waals surface area contributed by atoms with E-state index >= 15 is 0 Å². The van der Waals surface area contributed by atoms with Crippen LogP contribution < -0.4 is 21.5 Å². The molecule has 1 aliphatic rings. The van der Waals surface area contributed by atoms with Crippen molar-refractivity contribution in [2.45, 2.75) is 18.9 Å². The zero-order valence-electron chi connectivity index (χ0n) is 15.5. The van der Waals surface area contributed by atoms with Crippen molar-refractivity contribution in [3.05, 3.63) is 41.8 Å². The van der Waals surface area contributed by atoms with E-state index in [0.717, 1.165) is 36.0 Å². The molecule has 150 valence electrons. The van der Waals surface area contributed by atoms with Crippen molar-refractivity contribution in [3.8, 4) is 11.4 Å². The highest BCUT2D eigenvalue weighted by Gasteiger charge is 2.22. The second-order valence-corrected chi connectivity index (χ2v) is 7.24. The molecule has 1 amide bonds. The minimum Gasteiger partial charge on any atom is -0.464 e. The van der Waals surface area contributed by atoms with E-state index in [0.29, 0.717) is 28.8 Å². The van der Waals surface area contributed by atoms with Crippen LogP contribution in [-0.4, -0.2) is 45.3 Å². The fraction of sp³-hybridized carbons (Fsp3) is 0.263. The summed E-state index contributed by atoms with van der Waals surface area (Å²) in [5.41, 5.74) is 14.6. The average Bonchev–Trinajstić information content (AvgIpc) is 2.73. The van der Waals surface area contributed by atoms with Gasteiger partial charge in [0.2, 0.25) is 0 Å². The lowest BCUT2D eigenvalue weighted by Gasteiger charge is -2.35. The molecule has 0 aromatic carbocycles. The van der Waals surface area contributed by atoms with E-state index < -0.39 is 6.09 Å². The van der Waals surface area contributed by atoms with Crippen molar-refractivity contribution >= 4 is 40.0 Å². The second kappa shape index (κ2) is 8.06. The molecule has 1 atom stereocenters. The normalized spacial score (nSPS) is 16.7. The number of pyridine rings is 3. The molecule has 1 aliphatic heterocycles. The predicted octanol–water partition coefficient (Wildman–Crippen LogP) is 2.67. The summed E-state index contributed by atoms with van der Waals surface area (Å²) in [6.07, 6.45) is 4.16. The minimum atomic E-state index is -1.10. The van der Waals surface area contributed by atoms with Crippen molar-refractivity contribution in [3.63, 3.8) is 0 Å². The van der Waals surface area contributed by atoms with Gasteiger partial charge in [0.05, 0.1) is 23.1 Å². The first-order valence-corrected chi connectivity index (χ1v) is 9.55. The number of halogens is 1. The van der Waals surface area contributed by atoms with Gasteiger partial charge >= 0.3 is 6.09 Å². The van der Waals surface area contributed by atoms with Gasteiger partial charge in [0, 0.05) is 36.4 Å². The molecule has 29 heavy (non-hydrogen) atoms. The highest BCUT2D eigenvalue weighted by molar-refractivity contribution is 6.29. The minimum absolute atomic E-state index is 0.00890. The smallest absolute Gasteiger partial charge is 0.419 e. The van der Waals surface area contributed by atoms with Gasteiger partial charge in [-0.05, 0) is 37.1 Å². The molecule has 1 unspecified atom stereocenters. The maximum Gasteiger partial charge on any atom is 0.419 e. The molecule has 0 saturated carbocycles. The number of anilines is 2. The average molecular weight is 414 g/mol. The Morgan fingerprint density at radius 2 is 2.17 bits per heavy atom. The lowest BCUT2D eigenvalue weighted by atomic mass is 10.0. The van der Waals surface area contributed by atoms with Crippen LogP contribution in [0.3, 0.4) is 0 Å². The van der Waals surface area contributed by atoms with Crippen LogP contribution in [-0.2, 0) is 0 Å². The van der Waals surface area contributed by atoms with Crippen molar-refractivity contribution in [1.29, 1.82) is 0 Å². The number of piperidine rings is 1. The van der Waals surface area contributed by atoms with Crippen molar-refractivity contribution in [2.75, 3.05) is 23.7 Å². The van der Waals surface area contributed by atoms with Gasteiger partial charge in [0.1, 0.15) is 10.8 Å². The summed E-state index contributed by atoms with van der Waals surface area (Å²) in [4.78, 5) is 26.2. The lowest BCUT2D eigenvalue weighted by molar-refractivity contribution is 0.185. The van der Waals surface area contributed by atoms with Crippen molar-refractivity contribution in [2.24, 2.45) is 0 Å². The van der Waals surface area contributed by atoms with E-state index in [4.69, 9.17) is 22.4 Å². The Bertz CT molecular complexity index is 1060. The number of hydrogen-bond acceptors (Lipinski definition) is 7. The number of nitrogens with two attached hydrogens (primary N) is 1. The number of nitrogens with zero attached hydrogens (tertiary/aromatic N) is 4. The van der Waals surface area contributed by atoms with E-state index in [1.807, 2.05) is 12.1 Å². The van der Waals surface area contributed by atoms with E-state index in [2.05, 4.69) is 30.7 Å². The van der Waals surface area contributed by atoms with Crippen LogP contribution in [0.5, 0.6) is 0 Å². The third-order valence-electron chi connectivity index (χ3n) is 4.89. The first-order chi connectivity index (χ1) is 14.0. The van der Waals surface area contributed by atoms with Gasteiger partial charge in [0.25, 0.3) is 0 Å². The number of hydrazine groups is 1. The molecule has 5 N–H and O–H groups in total. The Morgan fingerprint density at radius 1 is 1.31 bits per heavy atom. The molecule has 1 saturated heterocycles. The van der Waals surface area contributed by atoms with Crippen LogP contribution >= 0.6 is 11.6 Å². The molecule has 4 rings (SSSR count). The maximum atomic E-state index is 10.8. The highest BCUT2D eigenvalue weighted by Crippen LogP contribution is 2.31. The summed E-state index contributed by atoms with van der Waals surface area (Å²) in [6.45, 7) is 1.52. The van der Waals surface area contributed by atoms with Gasteiger partial charge < -0.3 is 15.7 Å². The first-order valence-electron chi connectivity index (χ1n) is 9.18. The summed E-state index contributed by atoms with van der Waals surface area (Å²) in [7, 11) is 0. The number of nitrogen functional groups attached to an aromatic ring is 1. The van der Waals surface area contributed by atoms with Gasteiger partial charge in [-0.2, -0.15) is 0 Å². The molecule has 3 aromatic heterocycles. The number of amides is 1. The lowest BCUT2D eigenvalue weighted by Crippen LogP contribution is -2.52. The topological polar surface area (TPSA) is 129 Å². The number of hydrogen-bond donors (Lipinski definition) is 4. The Morgan fingerprint density at radius 3 is 3.00 bits per heavy atom. The number of rotatable bonds is 4. The standard InChI is InChI=1S/C19H20ClN7O2/c20-17-4-3-13(21)18(24-17)14-8-12-15(9-23-14)22-6-5-16(12)27-7-1-2-11(10-27)25-26-19(28)29/h3-6,8-9,11,25-26H,1-2,7,10,21H2,(H,28,29). The summed E-state index contributed by atoms with van der Waals surface area (Å²) in [6, 6.07) is 7.22. The summed E-state index contributed by atoms with van der Waals surface area (Å²) in [5, 5.41) is 10.1. The van der Waals surface area contributed by atoms with E-state index in [-0.39, 0.29) is 6.04 Å². The molecule has 0 aliphatic carbocycles. The van der Waals surface area contributed by atoms with Gasteiger partial charge in [0.15, 0.2) is 0 Å². The Kier molecular flexibility index (Phi) is 5.32. The van der Waals surface area contributed by atoms with Gasteiger partial charge in [-0.3, -0.25) is 15.4 Å². The van der Waals surface area contributed by atoms with E-state index in [1.54, 1.807) is 24.5 Å². The molecule has 0 radical (unpaired) electrons. The number of aromatic nitrogens is 3. The van der Waals surface area contributed by atoms with Crippen LogP contribution in [0.2, 0.25) is 5.15 Å². The SMILES string of the molecule is Nc1ccc(Cl)nc1-c1cc2c(N3CCCC(NNC(=O)O)C3)ccnc2cn1. The van der Waals surface area contributed by atoms with E-state index in [1.165, 1.54) is 0 Å². The largest absolute Gasteiger partial charge is 0.464 e. The Labute approximate surface area is 171 Å². The van der Waals surface area contributed by atoms with Gasteiger partial charge in [-0.15, -0.1) is 0 Å². The first kappa shape index (κ1) is 19.2. The molecule has 0 spiro atoms. The summed E-state index contributed by atoms with van der Waals surface area (Å²) >= 11 is 6.04. The van der Waals surface area contributed by atoms with Crippen LogP contribution in [0, 0.1) is 0 Å². The fourth-order valence-corrected chi connectivity index (χ4v) is 3.72. The molecule has 9 nitrogen and oxygen atoms in total. The zero-order valence-corrected chi connectivity index (χ0v) is 16.2. The third kappa shape index (κ3) is 4.15. The molecular formula is C19H20ClN7O2. The third-order valence-corrected chi connectivity index (χ3v) is 5.10. The molecule has 4 heterocycles. The van der Waals surface area contributed by atoms with Crippen LogP contribution in [0.25, 0.3) is 22.3 Å². The molecule has 0 bridgehead atoms. The van der Waals surface area contributed by atoms with Crippen LogP contribution in [0.1, 0.15) is 12.8 Å². The quantitative estimate of drug-likeness (QED) is 0.379. The number of fused-ring (bicyclic) bond motifs is 1. The van der Waals surface area contributed by atoms with Gasteiger partial charge in [-0.1, -0.05) is 11.6 Å². The van der Waals surface area contributed by atoms with E-state index in [9.17, 15) is 4.79 Å². The molecule has 1 fully saturated rings. The fourth-order valence-electron chi connectivity index (χ4n) is 3.57. The van der Waals surface area contributed by atoms with Gasteiger partial charge in [-0.25, -0.2) is 15.2 Å². The number of carboxylic acid groups (broad SMARTS) is 1. The van der Waals surface area contributed by atoms with Crippen LogP contribution in [0.4, 0.5) is 16.2 Å². The number of carbonyl (C=O) groups is 1. The maximum absolute atomic E-state index is 10.8. The number of nitrogens with one attached hydrogen (secondary N) is 2. The predicted molar refractivity (Wildman–Crippen MR) is 112 cm³/mol. The Balaban J connectivity index is 1.69. The zero-order chi connectivity index (χ0) is 20.4. The highest BCUT2D eigenvalue weighted by atomic mass is 35.5. The molecule has 3 aromatic rings. The second-order valence-electron chi connectivity index (χ2n) is 6.85. The molecular weight excluding hydrogens is 394 g/mol. The van der Waals surface area contributed by atoms with Crippen molar-refractivity contribution < 1.29 is 9.90 Å². The summed E-state index contributed by atoms with van der Waals surface area (Å²) in [5.74, 6) is 0. The summed E-state index contributed by atoms with van der Waals surface area (Å²) < 4.78 is 0. The molecule has 10 heteroatoms. The Hall–Kier alpha value is -3.17. The van der Waals surface area contributed by atoms with Crippen molar-refractivity contribution in [1.82, 2.24) is 25.8 Å².